The Morgan fingerprint density at radius 1 is 1.26 bits per heavy atom. The van der Waals surface area contributed by atoms with Crippen LogP contribution in [0, 0.1) is 0 Å². The lowest BCUT2D eigenvalue weighted by Gasteiger charge is -2.23. The molecule has 0 saturated heterocycles. The van der Waals surface area contributed by atoms with Gasteiger partial charge in [0, 0.05) is 10.9 Å². The molecule has 0 bridgehead atoms. The van der Waals surface area contributed by atoms with Gasteiger partial charge >= 0.3 is 0 Å². The molecule has 19 heavy (non-hydrogen) atoms. The summed E-state index contributed by atoms with van der Waals surface area (Å²) in [6.07, 6.45) is 0.738. The fourth-order valence-corrected chi connectivity index (χ4v) is 2.67. The first-order valence-electron chi connectivity index (χ1n) is 6.40. The Hall–Kier alpha value is -1.36. The van der Waals surface area contributed by atoms with Gasteiger partial charge in [-0.2, -0.15) is 0 Å². The summed E-state index contributed by atoms with van der Waals surface area (Å²) in [5, 5.41) is 11.1. The SMILES string of the molecule is CCC(N)C(Oc1ccc(CO)cc1)c1cccs1. The van der Waals surface area contributed by atoms with E-state index in [9.17, 15) is 0 Å². The third-order valence-corrected chi connectivity index (χ3v) is 3.99. The topological polar surface area (TPSA) is 55.5 Å². The molecule has 102 valence electrons. The Bertz CT molecular complexity index is 481. The van der Waals surface area contributed by atoms with Crippen LogP contribution < -0.4 is 10.5 Å². The van der Waals surface area contributed by atoms with Crippen LogP contribution in [0.2, 0.25) is 0 Å². The van der Waals surface area contributed by atoms with Crippen LogP contribution >= 0.6 is 11.3 Å². The van der Waals surface area contributed by atoms with Crippen molar-refractivity contribution in [3.05, 3.63) is 52.2 Å². The molecule has 4 heteroatoms. The highest BCUT2D eigenvalue weighted by molar-refractivity contribution is 7.10. The zero-order valence-electron chi connectivity index (χ0n) is 11.0. The van der Waals surface area contributed by atoms with Gasteiger partial charge < -0.3 is 15.6 Å². The Labute approximate surface area is 117 Å². The van der Waals surface area contributed by atoms with Gasteiger partial charge in [0.05, 0.1) is 6.61 Å². The summed E-state index contributed by atoms with van der Waals surface area (Å²) in [6, 6.07) is 11.5. The monoisotopic (exact) mass is 277 g/mol. The number of ether oxygens (including phenoxy) is 1. The van der Waals surface area contributed by atoms with Crippen LogP contribution in [0.1, 0.15) is 29.9 Å². The van der Waals surface area contributed by atoms with E-state index < -0.39 is 0 Å². The van der Waals surface area contributed by atoms with E-state index in [1.165, 1.54) is 0 Å². The number of nitrogens with two attached hydrogens (primary N) is 1. The third-order valence-electron chi connectivity index (χ3n) is 3.05. The first kappa shape index (κ1) is 14.1. The zero-order chi connectivity index (χ0) is 13.7. The fraction of sp³-hybridized carbons (Fsp3) is 0.333. The normalized spacial score (nSPS) is 14.1. The number of hydrogen-bond donors (Lipinski definition) is 2. The van der Waals surface area contributed by atoms with Gasteiger partial charge in [-0.3, -0.25) is 0 Å². The highest BCUT2D eigenvalue weighted by atomic mass is 32.1. The van der Waals surface area contributed by atoms with Crippen molar-refractivity contribution in [2.24, 2.45) is 5.73 Å². The average molecular weight is 277 g/mol. The Balaban J connectivity index is 2.15. The molecule has 2 rings (SSSR count). The molecule has 0 saturated carbocycles. The van der Waals surface area contributed by atoms with Crippen LogP contribution in [0.4, 0.5) is 0 Å². The smallest absolute Gasteiger partial charge is 0.148 e. The summed E-state index contributed by atoms with van der Waals surface area (Å²) in [7, 11) is 0. The van der Waals surface area contributed by atoms with E-state index >= 15 is 0 Å². The molecular weight excluding hydrogens is 258 g/mol. The van der Waals surface area contributed by atoms with E-state index in [1.807, 2.05) is 41.8 Å². The number of benzene rings is 1. The predicted molar refractivity (Wildman–Crippen MR) is 78.3 cm³/mol. The molecule has 2 aromatic rings. The molecule has 1 aromatic heterocycles. The number of rotatable bonds is 6. The number of aliphatic hydroxyl groups excluding tert-OH is 1. The highest BCUT2D eigenvalue weighted by Gasteiger charge is 2.21. The number of hydrogen-bond acceptors (Lipinski definition) is 4. The molecule has 2 atom stereocenters. The molecule has 1 aromatic carbocycles. The molecule has 0 aliphatic carbocycles. The Morgan fingerprint density at radius 2 is 2.00 bits per heavy atom. The molecule has 1 heterocycles. The average Bonchev–Trinajstić information content (AvgIpc) is 2.98. The molecule has 3 nitrogen and oxygen atoms in total. The molecule has 0 aliphatic rings. The summed E-state index contributed by atoms with van der Waals surface area (Å²) in [4.78, 5) is 1.14. The van der Waals surface area contributed by atoms with Crippen LogP contribution in [0.5, 0.6) is 5.75 Å². The van der Waals surface area contributed by atoms with Gasteiger partial charge in [0.2, 0.25) is 0 Å². The molecule has 0 radical (unpaired) electrons. The van der Waals surface area contributed by atoms with E-state index in [1.54, 1.807) is 11.3 Å². The van der Waals surface area contributed by atoms with Crippen molar-refractivity contribution >= 4 is 11.3 Å². The molecular formula is C15H19NO2S. The van der Waals surface area contributed by atoms with Gasteiger partial charge in [0.15, 0.2) is 0 Å². The first-order valence-corrected chi connectivity index (χ1v) is 7.28. The number of aliphatic hydroxyl groups is 1. The van der Waals surface area contributed by atoms with Crippen LogP contribution in [-0.2, 0) is 6.61 Å². The maximum Gasteiger partial charge on any atom is 0.148 e. The van der Waals surface area contributed by atoms with E-state index in [0.29, 0.717) is 0 Å². The van der Waals surface area contributed by atoms with Crippen LogP contribution in [0.15, 0.2) is 41.8 Å². The second kappa shape index (κ2) is 6.70. The Morgan fingerprint density at radius 3 is 2.53 bits per heavy atom. The zero-order valence-corrected chi connectivity index (χ0v) is 11.8. The summed E-state index contributed by atoms with van der Waals surface area (Å²) >= 11 is 1.66. The molecule has 2 unspecified atom stereocenters. The van der Waals surface area contributed by atoms with Gasteiger partial charge in [0.1, 0.15) is 11.9 Å². The van der Waals surface area contributed by atoms with Crippen LogP contribution in [0.25, 0.3) is 0 Å². The van der Waals surface area contributed by atoms with E-state index in [2.05, 4.69) is 6.92 Å². The summed E-state index contributed by atoms with van der Waals surface area (Å²) in [6.45, 7) is 2.10. The van der Waals surface area contributed by atoms with Gasteiger partial charge in [-0.15, -0.1) is 11.3 Å². The van der Waals surface area contributed by atoms with Crippen molar-refractivity contribution in [3.63, 3.8) is 0 Å². The van der Waals surface area contributed by atoms with Gasteiger partial charge in [-0.05, 0) is 35.6 Å². The van der Waals surface area contributed by atoms with Gasteiger partial charge in [-0.25, -0.2) is 0 Å². The van der Waals surface area contributed by atoms with Crippen LogP contribution in [-0.4, -0.2) is 11.1 Å². The fourth-order valence-electron chi connectivity index (χ4n) is 1.84. The van der Waals surface area contributed by atoms with E-state index in [0.717, 1.165) is 22.6 Å². The van der Waals surface area contributed by atoms with E-state index in [4.69, 9.17) is 15.6 Å². The van der Waals surface area contributed by atoms with Gasteiger partial charge in [0.25, 0.3) is 0 Å². The third kappa shape index (κ3) is 3.56. The minimum absolute atomic E-state index is 0.0313. The maximum atomic E-state index is 9.03. The minimum Gasteiger partial charge on any atom is -0.483 e. The predicted octanol–water partition coefficient (Wildman–Crippen LogP) is 3.10. The molecule has 0 fully saturated rings. The lowest BCUT2D eigenvalue weighted by Crippen LogP contribution is -2.30. The molecule has 0 amide bonds. The second-order valence-electron chi connectivity index (χ2n) is 4.43. The summed E-state index contributed by atoms with van der Waals surface area (Å²) in [5.41, 5.74) is 7.03. The quantitative estimate of drug-likeness (QED) is 0.853. The Kier molecular flexibility index (Phi) is 4.96. The van der Waals surface area contributed by atoms with Crippen molar-refractivity contribution in [1.82, 2.24) is 0 Å². The molecule has 0 spiro atoms. The highest BCUT2D eigenvalue weighted by Crippen LogP contribution is 2.28. The lowest BCUT2D eigenvalue weighted by molar-refractivity contribution is 0.174. The van der Waals surface area contributed by atoms with Crippen molar-refractivity contribution < 1.29 is 9.84 Å². The van der Waals surface area contributed by atoms with Crippen molar-refractivity contribution in [1.29, 1.82) is 0 Å². The molecule has 3 N–H and O–H groups in total. The van der Waals surface area contributed by atoms with Crippen molar-refractivity contribution in [2.45, 2.75) is 32.1 Å². The lowest BCUT2D eigenvalue weighted by atomic mass is 10.1. The minimum atomic E-state index is -0.120. The standard InChI is InChI=1S/C15H19NO2S/c1-2-13(16)15(14-4-3-9-19-14)18-12-7-5-11(10-17)6-8-12/h3-9,13,15,17H,2,10,16H2,1H3. The molecule has 0 aliphatic heterocycles. The number of thiophene rings is 1. The van der Waals surface area contributed by atoms with Crippen LogP contribution in [0.3, 0.4) is 0 Å². The maximum absolute atomic E-state index is 9.03. The largest absolute Gasteiger partial charge is 0.483 e. The second-order valence-corrected chi connectivity index (χ2v) is 5.41. The van der Waals surface area contributed by atoms with Crippen molar-refractivity contribution in [2.75, 3.05) is 0 Å². The first-order chi connectivity index (χ1) is 9.24. The summed E-state index contributed by atoms with van der Waals surface area (Å²) in [5.74, 6) is 0.777. The van der Waals surface area contributed by atoms with E-state index in [-0.39, 0.29) is 18.8 Å². The van der Waals surface area contributed by atoms with Gasteiger partial charge in [-0.1, -0.05) is 25.1 Å². The van der Waals surface area contributed by atoms with Crippen molar-refractivity contribution in [3.8, 4) is 5.75 Å². The summed E-state index contributed by atoms with van der Waals surface area (Å²) < 4.78 is 6.01.